The predicted molar refractivity (Wildman–Crippen MR) is 64.8 cm³/mol. The van der Waals surface area contributed by atoms with E-state index in [1.54, 1.807) is 24.3 Å². The van der Waals surface area contributed by atoms with Gasteiger partial charge in [0.15, 0.2) is 0 Å². The molecule has 1 rings (SSSR count). The standard InChI is InChI=1S/C9H12BNO4.BH3/c12-9(13)8(11-10(14)15)6-7-4-2-1-3-5-7;/h1-5,8,11,14-15H,6H2,(H,12,13);1H3. The van der Waals surface area contributed by atoms with E-state index >= 15 is 0 Å². The van der Waals surface area contributed by atoms with Crippen LogP contribution in [0.1, 0.15) is 5.56 Å². The van der Waals surface area contributed by atoms with Crippen molar-refractivity contribution in [2.24, 2.45) is 0 Å². The fourth-order valence-corrected chi connectivity index (χ4v) is 1.25. The molecule has 0 aliphatic rings. The van der Waals surface area contributed by atoms with Gasteiger partial charge in [0.05, 0.1) is 8.41 Å². The van der Waals surface area contributed by atoms with Crippen molar-refractivity contribution in [1.82, 2.24) is 5.23 Å². The molecule has 0 fully saturated rings. The third-order valence-corrected chi connectivity index (χ3v) is 1.93. The van der Waals surface area contributed by atoms with E-state index in [1.807, 2.05) is 6.07 Å². The van der Waals surface area contributed by atoms with Gasteiger partial charge in [-0.05, 0) is 12.0 Å². The van der Waals surface area contributed by atoms with Crippen LogP contribution in [0.2, 0.25) is 0 Å². The summed E-state index contributed by atoms with van der Waals surface area (Å²) < 4.78 is 0. The molecule has 0 heterocycles. The van der Waals surface area contributed by atoms with Crippen LogP contribution < -0.4 is 5.23 Å². The Morgan fingerprint density at radius 3 is 2.31 bits per heavy atom. The maximum atomic E-state index is 10.8. The number of rotatable bonds is 5. The van der Waals surface area contributed by atoms with E-state index in [4.69, 9.17) is 15.2 Å². The second kappa shape index (κ2) is 7.05. The first kappa shape index (κ1) is 14.7. The number of carbonyl (C=O) groups is 1. The monoisotopic (exact) mass is 223 g/mol. The molecular formula is C9H15B2NO4. The van der Waals surface area contributed by atoms with Crippen molar-refractivity contribution < 1.29 is 19.9 Å². The second-order valence-electron chi connectivity index (χ2n) is 3.12. The number of nitrogens with one attached hydrogen (secondary N) is 1. The van der Waals surface area contributed by atoms with Crippen LogP contribution in [0.15, 0.2) is 30.3 Å². The predicted octanol–water partition coefficient (Wildman–Crippen LogP) is -1.94. The number of hydrogen-bond acceptors (Lipinski definition) is 4. The Morgan fingerprint density at radius 2 is 1.88 bits per heavy atom. The Bertz CT molecular complexity index is 321. The van der Waals surface area contributed by atoms with Crippen molar-refractivity contribution in [3.8, 4) is 0 Å². The molecular weight excluding hydrogens is 208 g/mol. The highest BCUT2D eigenvalue weighted by molar-refractivity contribution is 6.38. The third-order valence-electron chi connectivity index (χ3n) is 1.93. The Balaban J connectivity index is 0.00000225. The lowest BCUT2D eigenvalue weighted by Gasteiger charge is -2.13. The zero-order valence-electron chi connectivity index (χ0n) is 8.00. The number of carboxylic acid groups (broad SMARTS) is 1. The first-order valence-electron chi connectivity index (χ1n) is 4.48. The number of carboxylic acids is 1. The smallest absolute Gasteiger partial charge is 0.480 e. The van der Waals surface area contributed by atoms with Crippen LogP contribution in [0.5, 0.6) is 0 Å². The molecule has 1 unspecified atom stereocenters. The van der Waals surface area contributed by atoms with Gasteiger partial charge in [-0.15, -0.1) is 0 Å². The lowest BCUT2D eigenvalue weighted by molar-refractivity contribution is -0.139. The Morgan fingerprint density at radius 1 is 1.31 bits per heavy atom. The molecule has 1 aromatic carbocycles. The largest absolute Gasteiger partial charge is 0.549 e. The van der Waals surface area contributed by atoms with Crippen LogP contribution in [0.3, 0.4) is 0 Å². The summed E-state index contributed by atoms with van der Waals surface area (Å²) in [5, 5.41) is 28.2. The van der Waals surface area contributed by atoms with Gasteiger partial charge in [0.1, 0.15) is 6.04 Å². The zero-order chi connectivity index (χ0) is 11.3. The van der Waals surface area contributed by atoms with E-state index in [0.29, 0.717) is 0 Å². The van der Waals surface area contributed by atoms with Crippen molar-refractivity contribution in [2.75, 3.05) is 0 Å². The highest BCUT2D eigenvalue weighted by atomic mass is 16.4. The average molecular weight is 223 g/mol. The van der Waals surface area contributed by atoms with Crippen molar-refractivity contribution in [1.29, 1.82) is 0 Å². The summed E-state index contributed by atoms with van der Waals surface area (Å²) in [4.78, 5) is 10.8. The molecule has 0 aliphatic heterocycles. The molecule has 0 aliphatic carbocycles. The van der Waals surface area contributed by atoms with Crippen LogP contribution in [-0.4, -0.2) is 42.8 Å². The third kappa shape index (κ3) is 4.97. The molecule has 0 spiro atoms. The van der Waals surface area contributed by atoms with Crippen molar-refractivity contribution in [3.63, 3.8) is 0 Å². The van der Waals surface area contributed by atoms with Gasteiger partial charge in [0.2, 0.25) is 0 Å². The number of hydrogen-bond donors (Lipinski definition) is 4. The summed E-state index contributed by atoms with van der Waals surface area (Å²) in [6.45, 7) is 0. The van der Waals surface area contributed by atoms with E-state index in [1.165, 1.54) is 0 Å². The number of aliphatic carboxylic acids is 1. The number of benzene rings is 1. The minimum atomic E-state index is -1.82. The molecule has 5 nitrogen and oxygen atoms in total. The van der Waals surface area contributed by atoms with Crippen molar-refractivity contribution in [2.45, 2.75) is 12.5 Å². The molecule has 0 amide bonds. The highest BCUT2D eigenvalue weighted by Gasteiger charge is 2.22. The molecule has 0 saturated carbocycles. The van der Waals surface area contributed by atoms with Gasteiger partial charge in [-0.25, -0.2) is 0 Å². The van der Waals surface area contributed by atoms with Gasteiger partial charge < -0.3 is 15.2 Å². The summed E-state index contributed by atoms with van der Waals surface area (Å²) in [5.41, 5.74) is 0.818. The molecule has 7 heteroatoms. The van der Waals surface area contributed by atoms with Crippen molar-refractivity contribution >= 4 is 21.6 Å². The maximum Gasteiger partial charge on any atom is 0.549 e. The van der Waals surface area contributed by atoms with Gasteiger partial charge in [0.25, 0.3) is 0 Å². The van der Waals surface area contributed by atoms with E-state index < -0.39 is 19.3 Å². The molecule has 0 aromatic heterocycles. The van der Waals surface area contributed by atoms with Crippen molar-refractivity contribution in [3.05, 3.63) is 35.9 Å². The van der Waals surface area contributed by atoms with Gasteiger partial charge >= 0.3 is 13.2 Å². The van der Waals surface area contributed by atoms with E-state index in [9.17, 15) is 4.79 Å². The minimum absolute atomic E-state index is 0. The topological polar surface area (TPSA) is 89.8 Å². The molecule has 0 saturated heterocycles. The van der Waals surface area contributed by atoms with E-state index in [0.717, 1.165) is 5.56 Å². The fraction of sp³-hybridized carbons (Fsp3) is 0.222. The first-order valence-corrected chi connectivity index (χ1v) is 4.48. The first-order chi connectivity index (χ1) is 7.09. The van der Waals surface area contributed by atoms with Crippen LogP contribution in [0.25, 0.3) is 0 Å². The molecule has 0 radical (unpaired) electrons. The van der Waals surface area contributed by atoms with E-state index in [-0.39, 0.29) is 14.8 Å². The Kier molecular flexibility index (Phi) is 6.48. The lowest BCUT2D eigenvalue weighted by atomic mass is 10.0. The molecule has 1 atom stereocenters. The molecule has 0 bridgehead atoms. The van der Waals surface area contributed by atoms with Gasteiger partial charge in [-0.3, -0.25) is 10.0 Å². The summed E-state index contributed by atoms with van der Waals surface area (Å²) >= 11 is 0. The summed E-state index contributed by atoms with van der Waals surface area (Å²) in [5.74, 6) is -1.12. The second-order valence-corrected chi connectivity index (χ2v) is 3.12. The SMILES string of the molecule is B.O=C(O)C(Cc1ccccc1)NB(O)O. The lowest BCUT2D eigenvalue weighted by Crippen LogP contribution is -2.47. The quantitative estimate of drug-likeness (QED) is 0.436. The van der Waals surface area contributed by atoms with Crippen LogP contribution in [0, 0.1) is 0 Å². The van der Waals surface area contributed by atoms with E-state index in [2.05, 4.69) is 5.23 Å². The summed E-state index contributed by atoms with van der Waals surface area (Å²) in [7, 11) is -1.82. The molecule has 86 valence electrons. The normalized spacial score (nSPS) is 11.4. The fourth-order valence-electron chi connectivity index (χ4n) is 1.25. The molecule has 4 N–H and O–H groups in total. The van der Waals surface area contributed by atoms with Crippen LogP contribution >= 0.6 is 0 Å². The minimum Gasteiger partial charge on any atom is -0.480 e. The maximum absolute atomic E-state index is 10.8. The summed E-state index contributed by atoms with van der Waals surface area (Å²) in [6.07, 6.45) is 0.202. The van der Waals surface area contributed by atoms with Gasteiger partial charge in [-0.2, -0.15) is 0 Å². The zero-order valence-corrected chi connectivity index (χ0v) is 8.00. The Hall–Kier alpha value is -1.30. The summed E-state index contributed by atoms with van der Waals surface area (Å²) in [6, 6.07) is 7.97. The van der Waals surface area contributed by atoms with Crippen LogP contribution in [0.4, 0.5) is 0 Å². The molecule has 16 heavy (non-hydrogen) atoms. The van der Waals surface area contributed by atoms with Gasteiger partial charge in [0, 0.05) is 0 Å². The van der Waals surface area contributed by atoms with Crippen LogP contribution in [-0.2, 0) is 11.2 Å². The van der Waals surface area contributed by atoms with Gasteiger partial charge in [-0.1, -0.05) is 30.3 Å². The Labute approximate surface area is 95.9 Å². The average Bonchev–Trinajstić information content (AvgIpc) is 2.17. The molecule has 1 aromatic rings. The highest BCUT2D eigenvalue weighted by Crippen LogP contribution is 2.03.